The molecule has 6 heteroatoms. The third-order valence-electron chi connectivity index (χ3n) is 10.6. The molecule has 0 aliphatic heterocycles. The molecule has 1 unspecified atom stereocenters. The van der Waals surface area contributed by atoms with Crippen molar-refractivity contribution in [1.29, 1.82) is 0 Å². The van der Waals surface area contributed by atoms with Crippen LogP contribution in [0.5, 0.6) is 0 Å². The highest BCUT2D eigenvalue weighted by Gasteiger charge is 2.19. The van der Waals surface area contributed by atoms with Gasteiger partial charge in [-0.1, -0.05) is 205 Å². The normalized spacial score (nSPS) is 12.3. The predicted molar refractivity (Wildman–Crippen MR) is 242 cm³/mol. The number of unbranched alkanes of at least 4 members (excludes halogenated alkanes) is 27. The van der Waals surface area contributed by atoms with Crippen molar-refractivity contribution < 1.29 is 28.6 Å². The first-order chi connectivity index (χ1) is 28.0. The Labute approximate surface area is 353 Å². The van der Waals surface area contributed by atoms with Crippen LogP contribution in [0.2, 0.25) is 0 Å². The molecule has 0 rings (SSSR count). The second-order valence-corrected chi connectivity index (χ2v) is 16.3. The molecule has 0 aromatic heterocycles. The lowest BCUT2D eigenvalue weighted by Gasteiger charge is -2.18. The Bertz CT molecular complexity index is 969. The van der Waals surface area contributed by atoms with Crippen LogP contribution in [0.25, 0.3) is 0 Å². The van der Waals surface area contributed by atoms with Gasteiger partial charge in [0.1, 0.15) is 13.2 Å². The smallest absolute Gasteiger partial charge is 0.306 e. The van der Waals surface area contributed by atoms with Crippen LogP contribution in [0.4, 0.5) is 0 Å². The number of hydrogen-bond donors (Lipinski definition) is 0. The summed E-state index contributed by atoms with van der Waals surface area (Å²) in [5, 5.41) is 0. The molecule has 0 amide bonds. The van der Waals surface area contributed by atoms with Gasteiger partial charge in [-0.2, -0.15) is 0 Å². The van der Waals surface area contributed by atoms with Crippen molar-refractivity contribution >= 4 is 17.9 Å². The lowest BCUT2D eigenvalue weighted by molar-refractivity contribution is -0.167. The number of ether oxygens (including phenoxy) is 3. The molecule has 0 aliphatic carbocycles. The third-order valence-corrected chi connectivity index (χ3v) is 10.6. The lowest BCUT2D eigenvalue weighted by atomic mass is 10.0. The summed E-state index contributed by atoms with van der Waals surface area (Å²) in [6, 6.07) is 0. The van der Waals surface area contributed by atoms with E-state index < -0.39 is 6.10 Å². The molecule has 57 heavy (non-hydrogen) atoms. The zero-order valence-corrected chi connectivity index (χ0v) is 37.9. The Morgan fingerprint density at radius 2 is 0.702 bits per heavy atom. The van der Waals surface area contributed by atoms with E-state index in [4.69, 9.17) is 14.2 Å². The molecule has 0 spiro atoms. The molecule has 0 aliphatic rings. The molecule has 0 radical (unpaired) electrons. The number of hydrogen-bond acceptors (Lipinski definition) is 6. The van der Waals surface area contributed by atoms with Gasteiger partial charge in [-0.15, -0.1) is 0 Å². The maximum atomic E-state index is 12.7. The van der Waals surface area contributed by atoms with Crippen LogP contribution >= 0.6 is 0 Å². The molecule has 0 aromatic rings. The Morgan fingerprint density at radius 1 is 0.368 bits per heavy atom. The minimum absolute atomic E-state index is 0.0839. The average molecular weight is 801 g/mol. The van der Waals surface area contributed by atoms with Gasteiger partial charge in [0.05, 0.1) is 0 Å². The van der Waals surface area contributed by atoms with E-state index in [2.05, 4.69) is 57.2 Å². The summed E-state index contributed by atoms with van der Waals surface area (Å²) in [6.07, 6.45) is 52.9. The number of allylic oxidation sites excluding steroid dienone is 6. The first-order valence-electron chi connectivity index (χ1n) is 24.5. The van der Waals surface area contributed by atoms with Crippen molar-refractivity contribution in [3.63, 3.8) is 0 Å². The highest BCUT2D eigenvalue weighted by Crippen LogP contribution is 2.16. The van der Waals surface area contributed by atoms with Gasteiger partial charge in [-0.05, 0) is 64.2 Å². The van der Waals surface area contributed by atoms with Gasteiger partial charge in [0, 0.05) is 19.3 Å². The Kier molecular flexibility index (Phi) is 44.4. The van der Waals surface area contributed by atoms with Crippen LogP contribution in [-0.4, -0.2) is 37.2 Å². The Balaban J connectivity index is 4.29. The maximum Gasteiger partial charge on any atom is 0.306 e. The zero-order chi connectivity index (χ0) is 41.5. The summed E-state index contributed by atoms with van der Waals surface area (Å²) < 4.78 is 16.7. The first kappa shape index (κ1) is 54.6. The van der Waals surface area contributed by atoms with Crippen LogP contribution in [-0.2, 0) is 28.6 Å². The van der Waals surface area contributed by atoms with Crippen LogP contribution < -0.4 is 0 Å². The Morgan fingerprint density at radius 3 is 1.16 bits per heavy atom. The molecule has 332 valence electrons. The van der Waals surface area contributed by atoms with E-state index in [0.29, 0.717) is 19.3 Å². The standard InChI is InChI=1S/C51H92O6/c1-4-7-10-13-16-19-21-23-24-25-26-27-28-30-32-35-38-41-44-50(53)56-47-48(46-55-49(52)43-40-37-34-31-18-15-12-9-6-3)57-51(54)45-42-39-36-33-29-22-20-17-14-11-8-5-2/h8,11,17,20,31,34,48H,4-7,9-10,12-16,18-19,21-30,32-33,35-47H2,1-3H3/b11-8-,20-17-,34-31-. The summed E-state index contributed by atoms with van der Waals surface area (Å²) in [4.78, 5) is 37.7. The van der Waals surface area contributed by atoms with Gasteiger partial charge in [-0.3, -0.25) is 14.4 Å². The van der Waals surface area contributed by atoms with E-state index >= 15 is 0 Å². The summed E-state index contributed by atoms with van der Waals surface area (Å²) in [5.41, 5.74) is 0. The fourth-order valence-corrected chi connectivity index (χ4v) is 6.95. The molecule has 0 fully saturated rings. The minimum atomic E-state index is -0.785. The van der Waals surface area contributed by atoms with Crippen molar-refractivity contribution in [3.8, 4) is 0 Å². The van der Waals surface area contributed by atoms with E-state index in [1.807, 2.05) is 0 Å². The number of carbonyl (C=O) groups is 3. The monoisotopic (exact) mass is 801 g/mol. The summed E-state index contributed by atoms with van der Waals surface area (Å²) >= 11 is 0. The molecular formula is C51H92O6. The highest BCUT2D eigenvalue weighted by molar-refractivity contribution is 5.71. The van der Waals surface area contributed by atoms with Crippen LogP contribution in [0.15, 0.2) is 36.5 Å². The van der Waals surface area contributed by atoms with Crippen molar-refractivity contribution in [2.45, 2.75) is 258 Å². The van der Waals surface area contributed by atoms with Gasteiger partial charge < -0.3 is 14.2 Å². The SMILES string of the molecule is CC/C=C\C/C=C\CCCCCCCC(=O)OC(COC(=O)CCC/C=C\CCCCCC)COC(=O)CCCCCCCCCCCCCCCCCCCC. The number of rotatable bonds is 44. The molecular weight excluding hydrogens is 709 g/mol. The van der Waals surface area contributed by atoms with Crippen LogP contribution in [0.1, 0.15) is 252 Å². The van der Waals surface area contributed by atoms with Crippen molar-refractivity contribution in [2.24, 2.45) is 0 Å². The van der Waals surface area contributed by atoms with Crippen LogP contribution in [0.3, 0.4) is 0 Å². The minimum Gasteiger partial charge on any atom is -0.462 e. The molecule has 1 atom stereocenters. The zero-order valence-electron chi connectivity index (χ0n) is 37.9. The molecule has 0 saturated heterocycles. The topological polar surface area (TPSA) is 78.9 Å². The van der Waals surface area contributed by atoms with Crippen molar-refractivity contribution in [2.75, 3.05) is 13.2 Å². The second kappa shape index (κ2) is 46.3. The van der Waals surface area contributed by atoms with Crippen molar-refractivity contribution in [3.05, 3.63) is 36.5 Å². The van der Waals surface area contributed by atoms with E-state index in [9.17, 15) is 14.4 Å². The van der Waals surface area contributed by atoms with Crippen molar-refractivity contribution in [1.82, 2.24) is 0 Å². The number of carbonyl (C=O) groups excluding carboxylic acids is 3. The molecule has 0 heterocycles. The quantitative estimate of drug-likeness (QED) is 0.0264. The van der Waals surface area contributed by atoms with Gasteiger partial charge in [0.25, 0.3) is 0 Å². The molecule has 0 N–H and O–H groups in total. The predicted octanol–water partition coefficient (Wildman–Crippen LogP) is 15.8. The summed E-state index contributed by atoms with van der Waals surface area (Å²) in [6.45, 7) is 6.47. The molecule has 6 nitrogen and oxygen atoms in total. The van der Waals surface area contributed by atoms with Gasteiger partial charge >= 0.3 is 17.9 Å². The lowest BCUT2D eigenvalue weighted by Crippen LogP contribution is -2.30. The van der Waals surface area contributed by atoms with E-state index in [1.54, 1.807) is 0 Å². The molecule has 0 saturated carbocycles. The third kappa shape index (κ3) is 44.6. The van der Waals surface area contributed by atoms with Gasteiger partial charge in [0.2, 0.25) is 0 Å². The summed E-state index contributed by atoms with van der Waals surface area (Å²) in [7, 11) is 0. The summed E-state index contributed by atoms with van der Waals surface area (Å²) in [5.74, 6) is -0.930. The molecule has 0 aromatic carbocycles. The van der Waals surface area contributed by atoms with Gasteiger partial charge in [0.15, 0.2) is 6.10 Å². The largest absolute Gasteiger partial charge is 0.462 e. The van der Waals surface area contributed by atoms with E-state index in [0.717, 1.165) is 89.9 Å². The second-order valence-electron chi connectivity index (χ2n) is 16.3. The van der Waals surface area contributed by atoms with Gasteiger partial charge in [-0.25, -0.2) is 0 Å². The molecule has 0 bridgehead atoms. The fraction of sp³-hybridized carbons (Fsp3) is 0.824. The fourth-order valence-electron chi connectivity index (χ4n) is 6.95. The number of esters is 3. The maximum absolute atomic E-state index is 12.7. The Hall–Kier alpha value is -2.37. The average Bonchev–Trinajstić information content (AvgIpc) is 3.21. The highest BCUT2D eigenvalue weighted by atomic mass is 16.6. The van der Waals surface area contributed by atoms with E-state index in [1.165, 1.54) is 122 Å². The van der Waals surface area contributed by atoms with Crippen LogP contribution in [0, 0.1) is 0 Å². The van der Waals surface area contributed by atoms with E-state index in [-0.39, 0.29) is 31.1 Å². The first-order valence-corrected chi connectivity index (χ1v) is 24.5.